The Balaban J connectivity index is 1.97. The lowest BCUT2D eigenvalue weighted by atomic mass is 10.1. The van der Waals surface area contributed by atoms with Gasteiger partial charge < -0.3 is 10.2 Å². The fourth-order valence-electron chi connectivity index (χ4n) is 1.97. The lowest BCUT2D eigenvalue weighted by Crippen LogP contribution is -2.22. The summed E-state index contributed by atoms with van der Waals surface area (Å²) in [5.74, 6) is 0.0644. The van der Waals surface area contributed by atoms with E-state index in [1.807, 2.05) is 42.5 Å². The monoisotopic (exact) mass is 302 g/mol. The first-order valence-corrected chi connectivity index (χ1v) is 7.21. The Labute approximate surface area is 130 Å². The van der Waals surface area contributed by atoms with Crippen molar-refractivity contribution in [2.75, 3.05) is 12.4 Å². The van der Waals surface area contributed by atoms with Crippen LogP contribution in [-0.4, -0.2) is 17.9 Å². The van der Waals surface area contributed by atoms with Gasteiger partial charge in [-0.15, -0.1) is 0 Å². The first kappa shape index (κ1) is 15.4. The largest absolute Gasteiger partial charge is 0.381 e. The van der Waals surface area contributed by atoms with Crippen molar-refractivity contribution < 1.29 is 4.79 Å². The second-order valence-electron chi connectivity index (χ2n) is 5.06. The van der Waals surface area contributed by atoms with E-state index in [1.54, 1.807) is 18.9 Å². The summed E-state index contributed by atoms with van der Waals surface area (Å²) in [5.41, 5.74) is 3.32. The third kappa shape index (κ3) is 4.80. The van der Waals surface area contributed by atoms with Crippen LogP contribution >= 0.6 is 11.6 Å². The van der Waals surface area contributed by atoms with Crippen LogP contribution in [-0.2, 0) is 17.9 Å². The van der Waals surface area contributed by atoms with Crippen LogP contribution in [0.25, 0.3) is 0 Å². The smallest absolute Gasteiger partial charge is 0.219 e. The lowest BCUT2D eigenvalue weighted by molar-refractivity contribution is -0.128. The molecule has 0 heterocycles. The van der Waals surface area contributed by atoms with Crippen molar-refractivity contribution in [3.63, 3.8) is 0 Å². The van der Waals surface area contributed by atoms with E-state index in [-0.39, 0.29) is 5.91 Å². The van der Waals surface area contributed by atoms with E-state index in [2.05, 4.69) is 11.4 Å². The van der Waals surface area contributed by atoms with Gasteiger partial charge in [0, 0.05) is 37.8 Å². The molecule has 2 aromatic rings. The highest BCUT2D eigenvalue weighted by Gasteiger charge is 2.04. The average Bonchev–Trinajstić information content (AvgIpc) is 2.47. The molecule has 0 radical (unpaired) electrons. The zero-order valence-corrected chi connectivity index (χ0v) is 13.0. The van der Waals surface area contributed by atoms with E-state index in [9.17, 15) is 4.79 Å². The molecule has 0 unspecified atom stereocenters. The SMILES string of the molecule is CC(=O)N(C)Cc1cccc(NCc2ccc(Cl)cc2)c1. The zero-order valence-electron chi connectivity index (χ0n) is 12.3. The minimum absolute atomic E-state index is 0.0644. The zero-order chi connectivity index (χ0) is 15.2. The van der Waals surface area contributed by atoms with Gasteiger partial charge in [0.1, 0.15) is 0 Å². The second kappa shape index (κ2) is 7.14. The fourth-order valence-corrected chi connectivity index (χ4v) is 2.10. The average molecular weight is 303 g/mol. The summed E-state index contributed by atoms with van der Waals surface area (Å²) in [6.07, 6.45) is 0. The Morgan fingerprint density at radius 3 is 2.52 bits per heavy atom. The van der Waals surface area contributed by atoms with Crippen molar-refractivity contribution in [2.24, 2.45) is 0 Å². The summed E-state index contributed by atoms with van der Waals surface area (Å²) in [6.45, 7) is 2.93. The molecular formula is C17H19ClN2O. The number of anilines is 1. The van der Waals surface area contributed by atoms with Gasteiger partial charge in [-0.05, 0) is 35.4 Å². The number of carbonyl (C=O) groups excluding carboxylic acids is 1. The number of nitrogens with one attached hydrogen (secondary N) is 1. The number of halogens is 1. The number of amides is 1. The van der Waals surface area contributed by atoms with Crippen LogP contribution < -0.4 is 5.32 Å². The summed E-state index contributed by atoms with van der Waals surface area (Å²) in [4.78, 5) is 13.0. The van der Waals surface area contributed by atoms with Gasteiger partial charge in [-0.25, -0.2) is 0 Å². The predicted octanol–water partition coefficient (Wildman–Crippen LogP) is 3.93. The van der Waals surface area contributed by atoms with Crippen molar-refractivity contribution in [3.05, 3.63) is 64.7 Å². The van der Waals surface area contributed by atoms with Gasteiger partial charge in [0.2, 0.25) is 5.91 Å². The van der Waals surface area contributed by atoms with Crippen LogP contribution in [0.5, 0.6) is 0 Å². The summed E-state index contributed by atoms with van der Waals surface area (Å²) >= 11 is 5.87. The molecule has 0 spiro atoms. The van der Waals surface area contributed by atoms with Gasteiger partial charge in [0.05, 0.1) is 0 Å². The quantitative estimate of drug-likeness (QED) is 0.907. The number of hydrogen-bond donors (Lipinski definition) is 1. The third-order valence-electron chi connectivity index (χ3n) is 3.29. The van der Waals surface area contributed by atoms with Crippen LogP contribution in [0.2, 0.25) is 5.02 Å². The standard InChI is InChI=1S/C17H19ClN2O/c1-13(21)20(2)12-15-4-3-5-17(10-15)19-11-14-6-8-16(18)9-7-14/h3-10,19H,11-12H2,1-2H3. The molecule has 0 saturated heterocycles. The molecule has 0 aliphatic heterocycles. The maximum absolute atomic E-state index is 11.3. The van der Waals surface area contributed by atoms with Gasteiger partial charge in [-0.2, -0.15) is 0 Å². The first-order valence-electron chi connectivity index (χ1n) is 6.83. The Morgan fingerprint density at radius 1 is 1.14 bits per heavy atom. The maximum atomic E-state index is 11.3. The molecule has 21 heavy (non-hydrogen) atoms. The van der Waals surface area contributed by atoms with Crippen molar-refractivity contribution in [1.29, 1.82) is 0 Å². The molecule has 0 fully saturated rings. The highest BCUT2D eigenvalue weighted by Crippen LogP contribution is 2.15. The number of carbonyl (C=O) groups is 1. The van der Waals surface area contributed by atoms with E-state index >= 15 is 0 Å². The second-order valence-corrected chi connectivity index (χ2v) is 5.49. The van der Waals surface area contributed by atoms with E-state index in [0.29, 0.717) is 6.54 Å². The van der Waals surface area contributed by atoms with Crippen molar-refractivity contribution in [2.45, 2.75) is 20.0 Å². The molecule has 3 nitrogen and oxygen atoms in total. The Kier molecular flexibility index (Phi) is 5.23. The topological polar surface area (TPSA) is 32.3 Å². The Morgan fingerprint density at radius 2 is 1.86 bits per heavy atom. The summed E-state index contributed by atoms with van der Waals surface area (Å²) in [7, 11) is 1.80. The molecule has 110 valence electrons. The number of rotatable bonds is 5. The van der Waals surface area contributed by atoms with E-state index in [1.165, 1.54) is 5.56 Å². The fraction of sp³-hybridized carbons (Fsp3) is 0.235. The normalized spacial score (nSPS) is 10.2. The van der Waals surface area contributed by atoms with Crippen LogP contribution in [0, 0.1) is 0 Å². The molecule has 2 aromatic carbocycles. The number of hydrogen-bond acceptors (Lipinski definition) is 2. The molecule has 2 rings (SSSR count). The first-order chi connectivity index (χ1) is 10.0. The van der Waals surface area contributed by atoms with E-state index < -0.39 is 0 Å². The van der Waals surface area contributed by atoms with Crippen molar-refractivity contribution in [1.82, 2.24) is 4.90 Å². The van der Waals surface area contributed by atoms with Gasteiger partial charge in [-0.3, -0.25) is 4.79 Å². The molecule has 0 saturated carbocycles. The predicted molar refractivity (Wildman–Crippen MR) is 87.4 cm³/mol. The van der Waals surface area contributed by atoms with E-state index in [4.69, 9.17) is 11.6 Å². The number of benzene rings is 2. The van der Waals surface area contributed by atoms with Crippen LogP contribution in [0.1, 0.15) is 18.1 Å². The minimum Gasteiger partial charge on any atom is -0.381 e. The van der Waals surface area contributed by atoms with Gasteiger partial charge >= 0.3 is 0 Å². The molecule has 0 aliphatic rings. The molecule has 0 aromatic heterocycles. The van der Waals surface area contributed by atoms with Crippen LogP contribution in [0.4, 0.5) is 5.69 Å². The van der Waals surface area contributed by atoms with Crippen LogP contribution in [0.3, 0.4) is 0 Å². The summed E-state index contributed by atoms with van der Waals surface area (Å²) < 4.78 is 0. The lowest BCUT2D eigenvalue weighted by Gasteiger charge is -2.15. The molecular weight excluding hydrogens is 284 g/mol. The molecule has 0 atom stereocenters. The van der Waals surface area contributed by atoms with Gasteiger partial charge in [0.15, 0.2) is 0 Å². The van der Waals surface area contributed by atoms with Gasteiger partial charge in [-0.1, -0.05) is 35.9 Å². The molecule has 1 amide bonds. The third-order valence-corrected chi connectivity index (χ3v) is 3.55. The van der Waals surface area contributed by atoms with Gasteiger partial charge in [0.25, 0.3) is 0 Å². The Bertz CT molecular complexity index is 610. The maximum Gasteiger partial charge on any atom is 0.219 e. The highest BCUT2D eigenvalue weighted by atomic mass is 35.5. The summed E-state index contributed by atoms with van der Waals surface area (Å²) in [5, 5.41) is 4.12. The molecule has 1 N–H and O–H groups in total. The molecule has 0 aliphatic carbocycles. The minimum atomic E-state index is 0.0644. The summed E-state index contributed by atoms with van der Waals surface area (Å²) in [6, 6.07) is 15.9. The van der Waals surface area contributed by atoms with E-state index in [0.717, 1.165) is 22.8 Å². The Hall–Kier alpha value is -2.00. The number of nitrogens with zero attached hydrogens (tertiary/aromatic N) is 1. The van der Waals surface area contributed by atoms with Crippen molar-refractivity contribution in [3.8, 4) is 0 Å². The molecule has 4 heteroatoms. The van der Waals surface area contributed by atoms with Crippen molar-refractivity contribution >= 4 is 23.2 Å². The van der Waals surface area contributed by atoms with Crippen LogP contribution in [0.15, 0.2) is 48.5 Å². The molecule has 0 bridgehead atoms. The highest BCUT2D eigenvalue weighted by molar-refractivity contribution is 6.30.